The standard InChI is InChI=1S/C38H65NO12/c1-13-15-39-25-16-20(4)46-35(28(25)41)50-32-22(6)30(48-27-18-36(9,45-12)31(42)24(8)47-27)23(7)34(43)49-33(38(11,44)26(40)14-2)21(5)29-19(3)17-37(32,10)51-29/h13,20-28,30-33,35,39-42,44H,1,14-18H2,2-12H3/t20?,21-,22-,23+,24?,25?,26+,27-,28?,30-,31-,32+,33+,35-,36?,37-,38+/m0/s1. The lowest BCUT2D eigenvalue weighted by Crippen LogP contribution is -2.60. The summed E-state index contributed by atoms with van der Waals surface area (Å²) in [6, 6.07) is -0.327. The second-order valence-corrected chi connectivity index (χ2v) is 16.1. The van der Waals surface area contributed by atoms with Crippen molar-refractivity contribution in [3.8, 4) is 0 Å². The molecule has 3 fully saturated rings. The molecule has 4 aliphatic heterocycles. The number of aliphatic hydroxyl groups excluding tert-OH is 3. The van der Waals surface area contributed by atoms with Gasteiger partial charge in [-0.1, -0.05) is 26.8 Å². The molecule has 0 saturated carbocycles. The van der Waals surface area contributed by atoms with Crippen molar-refractivity contribution in [2.45, 2.75) is 179 Å². The van der Waals surface area contributed by atoms with Crippen LogP contribution in [0.4, 0.5) is 0 Å². The molecule has 4 heterocycles. The number of ether oxygens (including phenoxy) is 7. The maximum Gasteiger partial charge on any atom is 0.311 e. The van der Waals surface area contributed by atoms with Gasteiger partial charge in [-0.05, 0) is 66.9 Å². The van der Waals surface area contributed by atoms with E-state index in [0.29, 0.717) is 25.1 Å². The molecule has 13 nitrogen and oxygen atoms in total. The van der Waals surface area contributed by atoms with Crippen LogP contribution in [-0.4, -0.2) is 124 Å². The van der Waals surface area contributed by atoms with Crippen molar-refractivity contribution in [2.24, 2.45) is 17.8 Å². The molecule has 2 bridgehead atoms. The van der Waals surface area contributed by atoms with E-state index in [1.165, 1.54) is 14.0 Å². The molecule has 294 valence electrons. The first-order valence-electron chi connectivity index (χ1n) is 18.6. The van der Waals surface area contributed by atoms with Gasteiger partial charge in [0.1, 0.15) is 41.4 Å². The molecule has 13 heteroatoms. The number of methoxy groups -OCH3 is 1. The van der Waals surface area contributed by atoms with E-state index in [0.717, 1.165) is 5.57 Å². The molecule has 0 amide bonds. The number of hydrogen-bond donors (Lipinski definition) is 5. The average Bonchev–Trinajstić information content (AvgIpc) is 3.39. The van der Waals surface area contributed by atoms with Gasteiger partial charge >= 0.3 is 5.97 Å². The van der Waals surface area contributed by atoms with Gasteiger partial charge in [-0.25, -0.2) is 0 Å². The van der Waals surface area contributed by atoms with Crippen molar-refractivity contribution in [3.05, 3.63) is 24.0 Å². The van der Waals surface area contributed by atoms with E-state index >= 15 is 0 Å². The fraction of sp³-hybridized carbons (Fsp3) is 0.868. The molecule has 4 aliphatic rings. The highest BCUT2D eigenvalue weighted by molar-refractivity contribution is 5.73. The molecule has 0 spiro atoms. The van der Waals surface area contributed by atoms with E-state index < -0.39 is 95.8 Å². The van der Waals surface area contributed by atoms with E-state index in [1.54, 1.807) is 33.8 Å². The number of carbonyl (C=O) groups excluding carboxylic acids is 1. The van der Waals surface area contributed by atoms with Crippen molar-refractivity contribution >= 4 is 5.97 Å². The maximum absolute atomic E-state index is 14.3. The lowest BCUT2D eigenvalue weighted by Gasteiger charge is -2.48. The summed E-state index contributed by atoms with van der Waals surface area (Å²) in [4.78, 5) is 14.3. The van der Waals surface area contributed by atoms with Crippen molar-refractivity contribution in [2.75, 3.05) is 13.7 Å². The molecular weight excluding hydrogens is 662 g/mol. The Bertz CT molecular complexity index is 1250. The van der Waals surface area contributed by atoms with Gasteiger partial charge < -0.3 is 58.9 Å². The van der Waals surface area contributed by atoms with Crippen LogP contribution in [0.1, 0.15) is 94.9 Å². The summed E-state index contributed by atoms with van der Waals surface area (Å²) >= 11 is 0. The van der Waals surface area contributed by atoms with E-state index in [-0.39, 0.29) is 25.0 Å². The van der Waals surface area contributed by atoms with E-state index in [4.69, 9.17) is 33.2 Å². The summed E-state index contributed by atoms with van der Waals surface area (Å²) in [6.07, 6.45) is -5.80. The molecule has 0 aromatic rings. The summed E-state index contributed by atoms with van der Waals surface area (Å²) in [5.74, 6) is -2.32. The smallest absolute Gasteiger partial charge is 0.311 e. The summed E-state index contributed by atoms with van der Waals surface area (Å²) < 4.78 is 44.8. The average molecular weight is 728 g/mol. The maximum atomic E-state index is 14.3. The topological polar surface area (TPSA) is 175 Å². The zero-order chi connectivity index (χ0) is 38.2. The molecule has 17 atom stereocenters. The highest BCUT2D eigenvalue weighted by atomic mass is 16.7. The van der Waals surface area contributed by atoms with Crippen LogP contribution in [-0.2, 0) is 38.0 Å². The molecule has 51 heavy (non-hydrogen) atoms. The van der Waals surface area contributed by atoms with Gasteiger partial charge in [-0.15, -0.1) is 6.58 Å². The number of carbonyl (C=O) groups is 1. The van der Waals surface area contributed by atoms with Crippen LogP contribution in [0.3, 0.4) is 0 Å². The van der Waals surface area contributed by atoms with Crippen LogP contribution in [0.5, 0.6) is 0 Å². The minimum absolute atomic E-state index is 0.166. The molecular formula is C38H65NO12. The fourth-order valence-electron chi connectivity index (χ4n) is 8.67. The third kappa shape index (κ3) is 8.53. The third-order valence-electron chi connectivity index (χ3n) is 11.8. The second kappa shape index (κ2) is 16.4. The summed E-state index contributed by atoms with van der Waals surface area (Å²) in [6.45, 7) is 22.2. The molecule has 0 radical (unpaired) electrons. The van der Waals surface area contributed by atoms with E-state index in [1.807, 2.05) is 34.6 Å². The Morgan fingerprint density at radius 2 is 1.78 bits per heavy atom. The highest BCUT2D eigenvalue weighted by Gasteiger charge is 2.56. The van der Waals surface area contributed by atoms with Crippen LogP contribution >= 0.6 is 0 Å². The Labute approximate surface area is 304 Å². The summed E-state index contributed by atoms with van der Waals surface area (Å²) in [5, 5.41) is 48.5. The van der Waals surface area contributed by atoms with Crippen LogP contribution < -0.4 is 5.32 Å². The predicted octanol–water partition coefficient (Wildman–Crippen LogP) is 3.11. The van der Waals surface area contributed by atoms with Crippen molar-refractivity contribution < 1.29 is 58.4 Å². The van der Waals surface area contributed by atoms with Gasteiger partial charge in [0, 0.05) is 38.5 Å². The summed E-state index contributed by atoms with van der Waals surface area (Å²) in [7, 11) is 1.52. The Morgan fingerprint density at radius 1 is 1.12 bits per heavy atom. The predicted molar refractivity (Wildman–Crippen MR) is 188 cm³/mol. The Morgan fingerprint density at radius 3 is 2.39 bits per heavy atom. The van der Waals surface area contributed by atoms with Crippen LogP contribution in [0.2, 0.25) is 0 Å². The number of cyclic esters (lactones) is 1. The fourth-order valence-corrected chi connectivity index (χ4v) is 8.67. The third-order valence-corrected chi connectivity index (χ3v) is 11.8. The number of rotatable bonds is 11. The lowest BCUT2D eigenvalue weighted by molar-refractivity contribution is -0.314. The summed E-state index contributed by atoms with van der Waals surface area (Å²) in [5.41, 5.74) is -2.99. The first-order chi connectivity index (χ1) is 23.7. The molecule has 3 saturated heterocycles. The zero-order valence-electron chi connectivity index (χ0n) is 32.5. The molecule has 0 aromatic heterocycles. The van der Waals surface area contributed by atoms with Crippen LogP contribution in [0.25, 0.3) is 0 Å². The number of nitrogens with one attached hydrogen (secondary N) is 1. The molecule has 4 rings (SSSR count). The van der Waals surface area contributed by atoms with Crippen molar-refractivity contribution in [1.82, 2.24) is 5.32 Å². The van der Waals surface area contributed by atoms with Gasteiger partial charge in [0.2, 0.25) is 0 Å². The quantitative estimate of drug-likeness (QED) is 0.155. The Balaban J connectivity index is 1.82. The van der Waals surface area contributed by atoms with Gasteiger partial charge in [-0.3, -0.25) is 4.79 Å². The Kier molecular flexibility index (Phi) is 13.5. The van der Waals surface area contributed by atoms with Gasteiger partial charge in [-0.2, -0.15) is 0 Å². The second-order valence-electron chi connectivity index (χ2n) is 16.1. The number of aliphatic hydroxyl groups is 4. The first kappa shape index (κ1) is 42.1. The zero-order valence-corrected chi connectivity index (χ0v) is 32.5. The van der Waals surface area contributed by atoms with Gasteiger partial charge in [0.25, 0.3) is 0 Å². The highest BCUT2D eigenvalue weighted by Crippen LogP contribution is 2.48. The van der Waals surface area contributed by atoms with Crippen LogP contribution in [0.15, 0.2) is 24.0 Å². The number of esters is 1. The van der Waals surface area contributed by atoms with Gasteiger partial charge in [0.15, 0.2) is 12.6 Å². The first-order valence-corrected chi connectivity index (χ1v) is 18.6. The number of hydrogen-bond acceptors (Lipinski definition) is 13. The van der Waals surface area contributed by atoms with Crippen molar-refractivity contribution in [3.63, 3.8) is 0 Å². The minimum Gasteiger partial charge on any atom is -0.488 e. The molecule has 0 aliphatic carbocycles. The SMILES string of the molecule is C=CCNC1CC(C)O[C@@H](O[C@@H]2[C@@H](C)[C@H](O[C@H]3CC(C)(OC)[C@@H](O)C(C)O3)[C@@H](C)C(=O)O[C@@H]([C@](C)(O)[C@H](O)CC)[C@@H](C)C3=C(C)C[C@]2(C)O3)C1O. The normalized spacial score (nSPS) is 45.6. The molecule has 0 aromatic carbocycles. The van der Waals surface area contributed by atoms with Gasteiger partial charge in [0.05, 0.1) is 41.9 Å². The molecule has 5 unspecified atom stereocenters. The van der Waals surface area contributed by atoms with E-state index in [9.17, 15) is 25.2 Å². The van der Waals surface area contributed by atoms with Crippen molar-refractivity contribution in [1.29, 1.82) is 0 Å². The largest absolute Gasteiger partial charge is 0.488 e. The number of fused-ring (bicyclic) bond motifs is 2. The van der Waals surface area contributed by atoms with Crippen LogP contribution in [0, 0.1) is 17.8 Å². The monoisotopic (exact) mass is 727 g/mol. The molecule has 5 N–H and O–H groups in total. The lowest BCUT2D eigenvalue weighted by atomic mass is 9.78. The Hall–Kier alpha value is -1.65. The van der Waals surface area contributed by atoms with E-state index in [2.05, 4.69) is 11.9 Å². The minimum atomic E-state index is -1.83.